The van der Waals surface area contributed by atoms with Gasteiger partial charge in [-0.2, -0.15) is 4.39 Å². The van der Waals surface area contributed by atoms with Crippen LogP contribution in [-0.4, -0.2) is 78.3 Å². The van der Waals surface area contributed by atoms with Gasteiger partial charge in [0, 0.05) is 6.07 Å². The number of hydrogen-bond donors (Lipinski definition) is 6. The zero-order valence-corrected chi connectivity index (χ0v) is 36.1. The largest absolute Gasteiger partial charge is 0.504 e. The van der Waals surface area contributed by atoms with Crippen LogP contribution < -0.4 is 25.4 Å². The third-order valence-electron chi connectivity index (χ3n) is 9.18. The number of methoxy groups -OCH3 is 2. The predicted molar refractivity (Wildman–Crippen MR) is 214 cm³/mol. The van der Waals surface area contributed by atoms with Gasteiger partial charge in [-0.25, -0.2) is 9.59 Å². The molecule has 0 aliphatic carbocycles. The van der Waals surface area contributed by atoms with E-state index in [4.69, 9.17) is 18.6 Å². The van der Waals surface area contributed by atoms with E-state index in [9.17, 15) is 49.0 Å². The number of aliphatic carboxylic acids is 1. The van der Waals surface area contributed by atoms with Crippen LogP contribution in [0.2, 0.25) is 18.1 Å². The smallest absolute Gasteiger partial charge is 0.408 e. The molecule has 6 N–H and O–H groups in total. The normalized spacial score (nSPS) is 13.9. The average molecular weight is 896 g/mol. The Balaban J connectivity index is 2.22. The van der Waals surface area contributed by atoms with Crippen molar-refractivity contribution in [3.8, 4) is 23.0 Å². The molecule has 4 atom stereocenters. The highest BCUT2D eigenvalue weighted by molar-refractivity contribution is 9.10. The molecule has 0 radical (unpaired) electrons. The lowest BCUT2D eigenvalue weighted by molar-refractivity contribution is -0.387. The van der Waals surface area contributed by atoms with Crippen molar-refractivity contribution in [1.82, 2.24) is 16.0 Å². The molecule has 316 valence electrons. The van der Waals surface area contributed by atoms with Gasteiger partial charge in [0.05, 0.1) is 23.6 Å². The van der Waals surface area contributed by atoms with Crippen molar-refractivity contribution < 1.29 is 62.4 Å². The number of nitro benzene ring substituents is 1. The highest BCUT2D eigenvalue weighted by atomic mass is 79.9. The van der Waals surface area contributed by atoms with Gasteiger partial charge in [-0.15, -0.1) is 0 Å². The number of carboxylic acid groups (broad SMARTS) is 1. The van der Waals surface area contributed by atoms with Crippen LogP contribution in [0, 0.1) is 15.9 Å². The first-order chi connectivity index (χ1) is 26.7. The number of benzene rings is 3. The molecule has 0 spiro atoms. The number of nitrogens with one attached hydrogen (secondary N) is 3. The topological polar surface area (TPSA) is 245 Å². The molecule has 0 aliphatic heterocycles. The number of phenols is 2. The molecule has 0 aromatic heterocycles. The van der Waals surface area contributed by atoms with Crippen LogP contribution in [0.5, 0.6) is 23.0 Å². The van der Waals surface area contributed by atoms with Crippen LogP contribution >= 0.6 is 15.9 Å². The molecule has 3 aromatic rings. The van der Waals surface area contributed by atoms with E-state index in [1.165, 1.54) is 32.4 Å². The van der Waals surface area contributed by atoms with Gasteiger partial charge in [0.25, 0.3) is 0 Å². The Bertz CT molecular complexity index is 2030. The monoisotopic (exact) mass is 894 g/mol. The number of carboxylic acids is 1. The number of carbonyl (C=O) groups excluding carboxylic acids is 3. The molecule has 20 heteroatoms. The number of nitrogens with zero attached hydrogens (tertiary/aromatic N) is 1. The zero-order chi connectivity index (χ0) is 44.1. The Morgan fingerprint density at radius 3 is 1.86 bits per heavy atom. The van der Waals surface area contributed by atoms with Gasteiger partial charge in [-0.1, -0.05) is 32.9 Å². The van der Waals surface area contributed by atoms with Crippen molar-refractivity contribution in [3.05, 3.63) is 85.6 Å². The summed E-state index contributed by atoms with van der Waals surface area (Å²) < 4.78 is 37.0. The summed E-state index contributed by atoms with van der Waals surface area (Å²) >= 11 is 3.34. The summed E-state index contributed by atoms with van der Waals surface area (Å²) in [6.07, 6.45) is -2.71. The van der Waals surface area contributed by atoms with Crippen molar-refractivity contribution in [3.63, 3.8) is 0 Å². The first kappa shape index (κ1) is 46.9. The summed E-state index contributed by atoms with van der Waals surface area (Å²) in [6.45, 7) is 13.8. The number of rotatable bonds is 15. The van der Waals surface area contributed by atoms with Gasteiger partial charge in [-0.3, -0.25) is 19.7 Å². The minimum atomic E-state index is -2.98. The van der Waals surface area contributed by atoms with Crippen LogP contribution in [0.25, 0.3) is 0 Å². The standard InChI is InChI=1S/C38H48BrFN4O13Si/c1-37(2,3)56-36(51)43-29(21-17-25(45)32(55-8)26(46)18-21)34(48)41-28(19-12-14-27(54-7)22(39)15-19)33(47)42-30(35(49)50)31(57-58(9,10)38(4,5)6)20-11-13-23(40)24(16-20)44(52)53/h11-18,28-31,45-46H,1-10H3,(H,41,48)(H,42,47)(H,43,51)(H,49,50)/t28-,29-,30+,31-/m1/s1. The summed E-state index contributed by atoms with van der Waals surface area (Å²) in [6, 6.07) is 3.57. The molecule has 0 saturated carbocycles. The molecule has 3 aromatic carbocycles. The van der Waals surface area contributed by atoms with Gasteiger partial charge < -0.3 is 49.9 Å². The summed E-state index contributed by atoms with van der Waals surface area (Å²) in [5.74, 6) is -6.27. The minimum absolute atomic E-state index is 0.0680. The number of aromatic hydroxyl groups is 2. The Morgan fingerprint density at radius 1 is 0.828 bits per heavy atom. The van der Waals surface area contributed by atoms with Crippen molar-refractivity contribution in [2.75, 3.05) is 14.2 Å². The maximum Gasteiger partial charge on any atom is 0.408 e. The molecule has 0 aliphatic rings. The average Bonchev–Trinajstić information content (AvgIpc) is 3.09. The van der Waals surface area contributed by atoms with E-state index in [1.54, 1.807) is 33.9 Å². The number of amides is 3. The number of hydrogen-bond acceptors (Lipinski definition) is 12. The lowest BCUT2D eigenvalue weighted by Gasteiger charge is -2.41. The quantitative estimate of drug-likeness (QED) is 0.0530. The summed E-state index contributed by atoms with van der Waals surface area (Å²) in [5, 5.41) is 50.3. The highest BCUT2D eigenvalue weighted by Crippen LogP contribution is 2.42. The molecule has 3 rings (SSSR count). The highest BCUT2D eigenvalue weighted by Gasteiger charge is 2.44. The van der Waals surface area contributed by atoms with E-state index in [1.807, 2.05) is 20.8 Å². The van der Waals surface area contributed by atoms with E-state index in [-0.39, 0.29) is 22.4 Å². The van der Waals surface area contributed by atoms with Crippen molar-refractivity contribution in [2.45, 2.75) is 89.5 Å². The first-order valence-corrected chi connectivity index (χ1v) is 21.3. The number of ether oxygens (including phenoxy) is 3. The van der Waals surface area contributed by atoms with Crippen LogP contribution in [-0.2, 0) is 23.5 Å². The fourth-order valence-electron chi connectivity index (χ4n) is 5.28. The summed E-state index contributed by atoms with van der Waals surface area (Å²) in [5.41, 5.74) is -2.23. The lowest BCUT2D eigenvalue weighted by atomic mass is 9.99. The molecule has 58 heavy (non-hydrogen) atoms. The molecular formula is C38H48BrFN4O13Si. The third-order valence-corrected chi connectivity index (χ3v) is 14.3. The molecule has 17 nitrogen and oxygen atoms in total. The number of carbonyl (C=O) groups is 4. The van der Waals surface area contributed by atoms with Crippen LogP contribution in [0.4, 0.5) is 14.9 Å². The third kappa shape index (κ3) is 11.6. The van der Waals surface area contributed by atoms with Gasteiger partial charge in [0.1, 0.15) is 29.5 Å². The lowest BCUT2D eigenvalue weighted by Crippen LogP contribution is -2.54. The molecule has 0 unspecified atom stereocenters. The zero-order valence-electron chi connectivity index (χ0n) is 33.6. The van der Waals surface area contributed by atoms with Crippen molar-refractivity contribution in [2.24, 2.45) is 0 Å². The van der Waals surface area contributed by atoms with Crippen LogP contribution in [0.15, 0.2) is 53.0 Å². The molecule has 3 amide bonds. The molecule has 0 fully saturated rings. The van der Waals surface area contributed by atoms with E-state index < -0.39 is 95.0 Å². The first-order valence-electron chi connectivity index (χ1n) is 17.6. The molecular weight excluding hydrogens is 847 g/mol. The van der Waals surface area contributed by atoms with Crippen LogP contribution in [0.3, 0.4) is 0 Å². The van der Waals surface area contributed by atoms with Gasteiger partial charge >= 0.3 is 17.7 Å². The Morgan fingerprint density at radius 2 is 1.38 bits per heavy atom. The Kier molecular flexibility index (Phi) is 14.9. The fraction of sp³-hybridized carbons (Fsp3) is 0.421. The Hall–Kier alpha value is -5.47. The maximum absolute atomic E-state index is 14.5. The van der Waals surface area contributed by atoms with Gasteiger partial charge in [-0.05, 0) is 102 Å². The van der Waals surface area contributed by atoms with Crippen molar-refractivity contribution >= 4 is 53.8 Å². The second-order valence-corrected chi connectivity index (χ2v) is 21.2. The van der Waals surface area contributed by atoms with Crippen molar-refractivity contribution in [1.29, 1.82) is 0 Å². The molecule has 0 saturated heterocycles. The van der Waals surface area contributed by atoms with E-state index in [2.05, 4.69) is 31.9 Å². The fourth-order valence-corrected chi connectivity index (χ4v) is 7.10. The summed E-state index contributed by atoms with van der Waals surface area (Å²) in [4.78, 5) is 65.7. The molecule has 0 heterocycles. The number of phenolic OH excluding ortho intramolecular Hbond substituents is 2. The minimum Gasteiger partial charge on any atom is -0.504 e. The molecule has 0 bridgehead atoms. The van der Waals surface area contributed by atoms with E-state index in [0.29, 0.717) is 10.2 Å². The predicted octanol–water partition coefficient (Wildman–Crippen LogP) is 6.68. The van der Waals surface area contributed by atoms with Crippen LogP contribution in [0.1, 0.15) is 76.4 Å². The second-order valence-electron chi connectivity index (χ2n) is 15.6. The van der Waals surface area contributed by atoms with Gasteiger partial charge in [0.15, 0.2) is 25.9 Å². The SMILES string of the molecule is COc1ccc([C@@H](NC(=O)[C@H](NC(=O)OC(C)(C)C)c2cc(O)c(OC)c(O)c2)C(=O)N[C@H](C(=O)O)[C@H](O[Si](C)(C)C(C)(C)C)c2ccc(F)c([N+](=O)[O-])c2)cc1Br. The maximum atomic E-state index is 14.5. The second kappa shape index (κ2) is 18.4. The number of alkyl carbamates (subject to hydrolysis) is 1. The van der Waals surface area contributed by atoms with E-state index >= 15 is 0 Å². The Labute approximate surface area is 343 Å². The number of nitro groups is 1. The number of halogens is 2. The van der Waals surface area contributed by atoms with E-state index in [0.717, 1.165) is 30.3 Å². The van der Waals surface area contributed by atoms with Gasteiger partial charge in [0.2, 0.25) is 23.4 Å². The summed E-state index contributed by atoms with van der Waals surface area (Å²) in [7, 11) is -0.411.